The van der Waals surface area contributed by atoms with Crippen molar-refractivity contribution in [2.45, 2.75) is 39.7 Å². The molecule has 0 fully saturated rings. The Bertz CT molecular complexity index is 130. The summed E-state index contributed by atoms with van der Waals surface area (Å²) < 4.78 is 17.2. The Hall–Kier alpha value is 0.577. The smallest absolute Gasteiger partial charge is 0.374 e. The maximum absolute atomic E-state index is 5.74. The highest BCUT2D eigenvalue weighted by Gasteiger charge is 2.39. The first kappa shape index (κ1) is 15.6. The van der Waals surface area contributed by atoms with Gasteiger partial charge in [-0.05, 0) is 33.6 Å². The van der Waals surface area contributed by atoms with E-state index in [0.29, 0.717) is 19.8 Å². The van der Waals surface area contributed by atoms with Crippen LogP contribution >= 0.6 is 15.9 Å². The maximum atomic E-state index is 5.74. The van der Waals surface area contributed by atoms with Crippen molar-refractivity contribution < 1.29 is 13.3 Å². The maximum Gasteiger partial charge on any atom is 0.500 e. The molecule has 0 bridgehead atoms. The average Bonchev–Trinajstić information content (AvgIpc) is 2.19. The summed E-state index contributed by atoms with van der Waals surface area (Å²) in [5, 5.41) is 1.03. The molecule has 0 aliphatic carbocycles. The molecule has 0 unspecified atom stereocenters. The van der Waals surface area contributed by atoms with Gasteiger partial charge in [0, 0.05) is 31.2 Å². The van der Waals surface area contributed by atoms with Gasteiger partial charge in [-0.2, -0.15) is 0 Å². The predicted octanol–water partition coefficient (Wildman–Crippen LogP) is 3.21. The van der Waals surface area contributed by atoms with Crippen LogP contribution in [0.3, 0.4) is 0 Å². The van der Waals surface area contributed by atoms with Gasteiger partial charge in [0.15, 0.2) is 0 Å². The zero-order valence-corrected chi connectivity index (χ0v) is 12.6. The zero-order valence-electron chi connectivity index (χ0n) is 10.1. The molecule has 0 radical (unpaired) electrons. The van der Waals surface area contributed by atoms with E-state index < -0.39 is 8.80 Å². The third kappa shape index (κ3) is 6.68. The van der Waals surface area contributed by atoms with Gasteiger partial charge in [0.1, 0.15) is 0 Å². The molecule has 15 heavy (non-hydrogen) atoms. The van der Waals surface area contributed by atoms with E-state index in [2.05, 4.69) is 15.9 Å². The lowest BCUT2D eigenvalue weighted by atomic mass is 10.4. The first-order valence-electron chi connectivity index (χ1n) is 5.72. The summed E-state index contributed by atoms with van der Waals surface area (Å²) >= 11 is 3.43. The Kier molecular flexibility index (Phi) is 10.2. The van der Waals surface area contributed by atoms with E-state index in [9.17, 15) is 0 Å². The van der Waals surface area contributed by atoms with Crippen molar-refractivity contribution in [3.8, 4) is 0 Å². The van der Waals surface area contributed by atoms with Gasteiger partial charge in [-0.15, -0.1) is 0 Å². The van der Waals surface area contributed by atoms with E-state index in [4.69, 9.17) is 13.3 Å². The summed E-state index contributed by atoms with van der Waals surface area (Å²) in [6, 6.07) is 0.925. The van der Waals surface area contributed by atoms with Crippen LogP contribution in [0.5, 0.6) is 0 Å². The first-order valence-corrected chi connectivity index (χ1v) is 8.77. The van der Waals surface area contributed by atoms with Crippen molar-refractivity contribution >= 4 is 24.7 Å². The van der Waals surface area contributed by atoms with Crippen LogP contribution in [0.25, 0.3) is 0 Å². The van der Waals surface area contributed by atoms with Crippen LogP contribution in [-0.4, -0.2) is 34.0 Å². The van der Waals surface area contributed by atoms with Crippen LogP contribution in [-0.2, 0) is 13.3 Å². The van der Waals surface area contributed by atoms with Gasteiger partial charge in [0.25, 0.3) is 0 Å². The van der Waals surface area contributed by atoms with Crippen molar-refractivity contribution in [2.75, 3.05) is 25.2 Å². The number of rotatable bonds is 10. The molecule has 0 aromatic carbocycles. The number of hydrogen-bond donors (Lipinski definition) is 0. The minimum absolute atomic E-state index is 0.667. The predicted molar refractivity (Wildman–Crippen MR) is 68.5 cm³/mol. The second-order valence-corrected chi connectivity index (χ2v) is 6.65. The molecular weight excluding hydrogens is 276 g/mol. The monoisotopic (exact) mass is 298 g/mol. The third-order valence-corrected chi connectivity index (χ3v) is 5.67. The van der Waals surface area contributed by atoms with Gasteiger partial charge in [-0.1, -0.05) is 15.9 Å². The molecule has 0 N–H and O–H groups in total. The highest BCUT2D eigenvalue weighted by atomic mass is 79.9. The quantitative estimate of drug-likeness (QED) is 0.352. The summed E-state index contributed by atoms with van der Waals surface area (Å²) in [6.07, 6.45) is 2.24. The third-order valence-electron chi connectivity index (χ3n) is 1.96. The van der Waals surface area contributed by atoms with E-state index in [1.165, 1.54) is 0 Å². The first-order chi connectivity index (χ1) is 7.24. The van der Waals surface area contributed by atoms with Crippen LogP contribution in [0, 0.1) is 0 Å². The number of halogens is 1. The fraction of sp³-hybridized carbons (Fsp3) is 1.00. The Labute approximate surface area is 103 Å². The van der Waals surface area contributed by atoms with Crippen molar-refractivity contribution in [1.29, 1.82) is 0 Å². The lowest BCUT2D eigenvalue weighted by Crippen LogP contribution is -2.45. The SMILES string of the molecule is CCO[Si](CCCCBr)(OCC)OCC. The lowest BCUT2D eigenvalue weighted by Gasteiger charge is -2.28. The molecule has 5 heteroatoms. The number of unbranched alkanes of at least 4 members (excludes halogenated alkanes) is 1. The van der Waals surface area contributed by atoms with E-state index in [0.717, 1.165) is 24.2 Å². The topological polar surface area (TPSA) is 27.7 Å². The molecular formula is C10H23BrO3Si. The molecule has 0 aliphatic heterocycles. The molecule has 0 saturated heterocycles. The zero-order chi connectivity index (χ0) is 11.6. The summed E-state index contributed by atoms with van der Waals surface area (Å²) in [6.45, 7) is 7.97. The lowest BCUT2D eigenvalue weighted by molar-refractivity contribution is 0.0708. The van der Waals surface area contributed by atoms with E-state index in [1.807, 2.05) is 20.8 Å². The van der Waals surface area contributed by atoms with Gasteiger partial charge in [0.2, 0.25) is 0 Å². The van der Waals surface area contributed by atoms with E-state index >= 15 is 0 Å². The largest absolute Gasteiger partial charge is 0.500 e. The minimum Gasteiger partial charge on any atom is -0.374 e. The normalized spacial score (nSPS) is 12.0. The molecule has 3 nitrogen and oxygen atoms in total. The van der Waals surface area contributed by atoms with Crippen LogP contribution in [0.4, 0.5) is 0 Å². The molecule has 0 spiro atoms. The van der Waals surface area contributed by atoms with Gasteiger partial charge in [-0.25, -0.2) is 0 Å². The van der Waals surface area contributed by atoms with Crippen molar-refractivity contribution in [1.82, 2.24) is 0 Å². The van der Waals surface area contributed by atoms with Crippen molar-refractivity contribution in [2.24, 2.45) is 0 Å². The molecule has 0 aliphatic rings. The summed E-state index contributed by atoms with van der Waals surface area (Å²) in [7, 11) is -2.35. The second kappa shape index (κ2) is 9.78. The molecule has 0 heterocycles. The van der Waals surface area contributed by atoms with E-state index in [-0.39, 0.29) is 0 Å². The molecule has 0 atom stereocenters. The van der Waals surface area contributed by atoms with Crippen molar-refractivity contribution in [3.63, 3.8) is 0 Å². The van der Waals surface area contributed by atoms with Gasteiger partial charge in [0.05, 0.1) is 0 Å². The second-order valence-electron chi connectivity index (χ2n) is 3.13. The fourth-order valence-electron chi connectivity index (χ4n) is 1.44. The van der Waals surface area contributed by atoms with Crippen LogP contribution < -0.4 is 0 Å². The van der Waals surface area contributed by atoms with Gasteiger partial charge in [-0.3, -0.25) is 0 Å². The highest BCUT2D eigenvalue weighted by Crippen LogP contribution is 2.19. The van der Waals surface area contributed by atoms with Crippen molar-refractivity contribution in [3.05, 3.63) is 0 Å². The molecule has 0 aromatic heterocycles. The Balaban J connectivity index is 4.18. The Morgan fingerprint density at radius 3 is 1.67 bits per heavy atom. The molecule has 0 amide bonds. The molecule has 92 valence electrons. The van der Waals surface area contributed by atoms with Gasteiger partial charge >= 0.3 is 8.80 Å². The summed E-state index contributed by atoms with van der Waals surface area (Å²) in [4.78, 5) is 0. The average molecular weight is 299 g/mol. The molecule has 0 saturated carbocycles. The Morgan fingerprint density at radius 1 is 0.867 bits per heavy atom. The summed E-state index contributed by atoms with van der Waals surface area (Å²) in [5.74, 6) is 0. The van der Waals surface area contributed by atoms with Crippen LogP contribution in [0.15, 0.2) is 0 Å². The fourth-order valence-corrected chi connectivity index (χ4v) is 4.52. The number of alkyl halides is 1. The Morgan fingerprint density at radius 2 is 1.33 bits per heavy atom. The summed E-state index contributed by atoms with van der Waals surface area (Å²) in [5.41, 5.74) is 0. The van der Waals surface area contributed by atoms with Crippen LogP contribution in [0.1, 0.15) is 33.6 Å². The van der Waals surface area contributed by atoms with E-state index in [1.54, 1.807) is 0 Å². The van der Waals surface area contributed by atoms with Gasteiger partial charge < -0.3 is 13.3 Å². The van der Waals surface area contributed by atoms with Crippen LogP contribution in [0.2, 0.25) is 6.04 Å². The standard InChI is InChI=1S/C10H23BrO3Si/c1-4-12-15(13-5-2,14-6-3)10-8-7-9-11/h4-10H2,1-3H3. The number of hydrogen-bond acceptors (Lipinski definition) is 3. The molecule has 0 rings (SSSR count). The molecule has 0 aromatic rings. The highest BCUT2D eigenvalue weighted by molar-refractivity contribution is 9.09. The minimum atomic E-state index is -2.35.